The van der Waals surface area contributed by atoms with Crippen LogP contribution in [0.25, 0.3) is 0 Å². The zero-order valence-corrected chi connectivity index (χ0v) is 10.9. The van der Waals surface area contributed by atoms with Gasteiger partial charge in [0.25, 0.3) is 0 Å². The molecule has 0 aliphatic heterocycles. The van der Waals surface area contributed by atoms with Crippen LogP contribution >= 0.6 is 11.6 Å². The monoisotopic (exact) mass is 253 g/mol. The highest BCUT2D eigenvalue weighted by molar-refractivity contribution is 6.29. The summed E-state index contributed by atoms with van der Waals surface area (Å²) < 4.78 is 2.13. The molecule has 17 heavy (non-hydrogen) atoms. The molecule has 0 spiro atoms. The Balaban J connectivity index is 1.84. The first-order valence-corrected chi connectivity index (χ1v) is 6.71. The van der Waals surface area contributed by atoms with Crippen molar-refractivity contribution in [3.05, 3.63) is 29.6 Å². The van der Waals surface area contributed by atoms with Gasteiger partial charge in [0, 0.05) is 24.3 Å². The first-order valence-electron chi connectivity index (χ1n) is 6.34. The standard InChI is InChI=1S/C13H20ClN3/c1-11(14)9-15-10-12-7-8-17(16-12)13-5-3-2-4-6-13/h7-8,13,15H,1-6,9-10H2. The van der Waals surface area contributed by atoms with Crippen molar-refractivity contribution in [2.24, 2.45) is 0 Å². The molecule has 0 radical (unpaired) electrons. The Bertz CT molecular complexity index is 366. The molecule has 1 fully saturated rings. The molecule has 0 bridgehead atoms. The van der Waals surface area contributed by atoms with Crippen molar-refractivity contribution in [3.8, 4) is 0 Å². The number of nitrogens with one attached hydrogen (secondary N) is 1. The van der Waals surface area contributed by atoms with Crippen LogP contribution < -0.4 is 5.32 Å². The molecule has 1 aromatic rings. The lowest BCUT2D eigenvalue weighted by Crippen LogP contribution is -2.17. The maximum Gasteiger partial charge on any atom is 0.0762 e. The molecule has 1 N–H and O–H groups in total. The Morgan fingerprint density at radius 3 is 2.94 bits per heavy atom. The molecule has 3 nitrogen and oxygen atoms in total. The lowest BCUT2D eigenvalue weighted by molar-refractivity contribution is 0.328. The van der Waals surface area contributed by atoms with Crippen LogP contribution in [0.2, 0.25) is 0 Å². The van der Waals surface area contributed by atoms with Crippen LogP contribution in [-0.2, 0) is 6.54 Å². The van der Waals surface area contributed by atoms with Gasteiger partial charge in [-0.3, -0.25) is 4.68 Å². The summed E-state index contributed by atoms with van der Waals surface area (Å²) in [6.45, 7) is 5.03. The van der Waals surface area contributed by atoms with Crippen LogP contribution in [0, 0.1) is 0 Å². The fourth-order valence-electron chi connectivity index (χ4n) is 2.35. The van der Waals surface area contributed by atoms with E-state index in [1.807, 2.05) is 0 Å². The number of rotatable bonds is 5. The van der Waals surface area contributed by atoms with Crippen LogP contribution in [-0.4, -0.2) is 16.3 Å². The quantitative estimate of drug-likeness (QED) is 0.873. The van der Waals surface area contributed by atoms with Gasteiger partial charge in [-0.05, 0) is 18.9 Å². The van der Waals surface area contributed by atoms with E-state index >= 15 is 0 Å². The number of aromatic nitrogens is 2. The van der Waals surface area contributed by atoms with Gasteiger partial charge in [0.15, 0.2) is 0 Å². The smallest absolute Gasteiger partial charge is 0.0762 e. The summed E-state index contributed by atoms with van der Waals surface area (Å²) >= 11 is 5.69. The molecule has 1 aliphatic carbocycles. The van der Waals surface area contributed by atoms with Crippen LogP contribution in [0.4, 0.5) is 0 Å². The molecule has 0 atom stereocenters. The second-order valence-corrected chi connectivity index (χ2v) is 5.23. The first kappa shape index (κ1) is 12.7. The lowest BCUT2D eigenvalue weighted by atomic mass is 9.96. The van der Waals surface area contributed by atoms with E-state index in [2.05, 4.69) is 33.9 Å². The molecule has 0 saturated heterocycles. The van der Waals surface area contributed by atoms with E-state index < -0.39 is 0 Å². The Morgan fingerprint density at radius 1 is 1.47 bits per heavy atom. The van der Waals surface area contributed by atoms with E-state index in [0.717, 1.165) is 12.2 Å². The molecule has 4 heteroatoms. The van der Waals surface area contributed by atoms with E-state index in [1.54, 1.807) is 0 Å². The van der Waals surface area contributed by atoms with Gasteiger partial charge in [-0.15, -0.1) is 0 Å². The second-order valence-electron chi connectivity index (χ2n) is 4.70. The van der Waals surface area contributed by atoms with Crippen LogP contribution in [0.5, 0.6) is 0 Å². The molecule has 1 saturated carbocycles. The third-order valence-corrected chi connectivity index (χ3v) is 3.37. The number of hydrogen-bond donors (Lipinski definition) is 1. The van der Waals surface area contributed by atoms with Crippen LogP contribution in [0.1, 0.15) is 43.8 Å². The van der Waals surface area contributed by atoms with Gasteiger partial charge in [0.2, 0.25) is 0 Å². The average molecular weight is 254 g/mol. The van der Waals surface area contributed by atoms with E-state index in [4.69, 9.17) is 11.6 Å². The minimum atomic E-state index is 0.612. The van der Waals surface area contributed by atoms with Crippen molar-refractivity contribution in [1.29, 1.82) is 0 Å². The fourth-order valence-corrected chi connectivity index (χ4v) is 2.44. The number of halogens is 1. The molecule has 0 aromatic carbocycles. The van der Waals surface area contributed by atoms with E-state index in [9.17, 15) is 0 Å². The van der Waals surface area contributed by atoms with Crippen molar-refractivity contribution in [1.82, 2.24) is 15.1 Å². The minimum Gasteiger partial charge on any atom is -0.306 e. The third kappa shape index (κ3) is 3.86. The maximum absolute atomic E-state index is 5.69. The van der Waals surface area contributed by atoms with E-state index in [0.29, 0.717) is 17.6 Å². The molecule has 94 valence electrons. The normalized spacial score (nSPS) is 17.2. The van der Waals surface area contributed by atoms with Gasteiger partial charge < -0.3 is 5.32 Å². The fraction of sp³-hybridized carbons (Fsp3) is 0.615. The SMILES string of the molecule is C=C(Cl)CNCc1ccn(C2CCCCC2)n1. The van der Waals surface area contributed by atoms with Gasteiger partial charge in [0.1, 0.15) is 0 Å². The molecule has 1 aliphatic rings. The Hall–Kier alpha value is -0.800. The molecule has 2 rings (SSSR count). The highest BCUT2D eigenvalue weighted by Crippen LogP contribution is 2.27. The van der Waals surface area contributed by atoms with Gasteiger partial charge in [-0.1, -0.05) is 37.4 Å². The largest absolute Gasteiger partial charge is 0.306 e. The summed E-state index contributed by atoms with van der Waals surface area (Å²) in [6, 6.07) is 2.69. The van der Waals surface area contributed by atoms with Crippen molar-refractivity contribution >= 4 is 11.6 Å². The molecular formula is C13H20ClN3. The number of hydrogen-bond acceptors (Lipinski definition) is 2. The van der Waals surface area contributed by atoms with Crippen LogP contribution in [0.3, 0.4) is 0 Å². The molecular weight excluding hydrogens is 234 g/mol. The highest BCUT2D eigenvalue weighted by atomic mass is 35.5. The summed E-state index contributed by atoms with van der Waals surface area (Å²) in [5.74, 6) is 0. The maximum atomic E-state index is 5.69. The van der Waals surface area contributed by atoms with Gasteiger partial charge >= 0.3 is 0 Å². The summed E-state index contributed by atoms with van der Waals surface area (Å²) in [5.41, 5.74) is 1.08. The van der Waals surface area contributed by atoms with E-state index in [1.165, 1.54) is 32.1 Å². The predicted molar refractivity (Wildman–Crippen MR) is 71.0 cm³/mol. The second kappa shape index (κ2) is 6.22. The minimum absolute atomic E-state index is 0.612. The van der Waals surface area contributed by atoms with E-state index in [-0.39, 0.29) is 0 Å². The predicted octanol–water partition coefficient (Wildman–Crippen LogP) is 3.23. The summed E-state index contributed by atoms with van der Waals surface area (Å²) in [4.78, 5) is 0. The van der Waals surface area contributed by atoms with Crippen molar-refractivity contribution in [3.63, 3.8) is 0 Å². The summed E-state index contributed by atoms with van der Waals surface area (Å²) in [7, 11) is 0. The summed E-state index contributed by atoms with van der Waals surface area (Å²) in [5, 5.41) is 8.46. The zero-order chi connectivity index (χ0) is 12.1. The van der Waals surface area contributed by atoms with Crippen molar-refractivity contribution in [2.75, 3.05) is 6.54 Å². The molecule has 0 unspecified atom stereocenters. The number of nitrogens with zero attached hydrogens (tertiary/aromatic N) is 2. The topological polar surface area (TPSA) is 29.9 Å². The molecule has 1 aromatic heterocycles. The highest BCUT2D eigenvalue weighted by Gasteiger charge is 2.15. The van der Waals surface area contributed by atoms with Crippen LogP contribution in [0.15, 0.2) is 23.9 Å². The average Bonchev–Trinajstić information content (AvgIpc) is 2.78. The molecule has 0 amide bonds. The van der Waals surface area contributed by atoms with Crippen molar-refractivity contribution < 1.29 is 0 Å². The third-order valence-electron chi connectivity index (χ3n) is 3.24. The Labute approximate surface area is 108 Å². The first-order chi connectivity index (χ1) is 8.25. The van der Waals surface area contributed by atoms with Crippen molar-refractivity contribution in [2.45, 2.75) is 44.7 Å². The lowest BCUT2D eigenvalue weighted by Gasteiger charge is -2.21. The zero-order valence-electron chi connectivity index (χ0n) is 10.2. The van der Waals surface area contributed by atoms with Gasteiger partial charge in [-0.2, -0.15) is 5.10 Å². The van der Waals surface area contributed by atoms with Gasteiger partial charge in [-0.25, -0.2) is 0 Å². The van der Waals surface area contributed by atoms with Gasteiger partial charge in [0.05, 0.1) is 11.7 Å². The Kier molecular flexibility index (Phi) is 4.63. The summed E-state index contributed by atoms with van der Waals surface area (Å²) in [6.07, 6.45) is 8.70. The Morgan fingerprint density at radius 2 is 2.24 bits per heavy atom. The molecule has 1 heterocycles.